The molecule has 7 aromatic carbocycles. The van der Waals surface area contributed by atoms with Gasteiger partial charge < -0.3 is 4.42 Å². The van der Waals surface area contributed by atoms with Crippen molar-refractivity contribution in [1.29, 1.82) is 0 Å². The third-order valence-corrected chi connectivity index (χ3v) is 9.91. The average molecular weight is 683 g/mol. The van der Waals surface area contributed by atoms with Gasteiger partial charge >= 0.3 is 0 Å². The molecule has 0 radical (unpaired) electrons. The van der Waals surface area contributed by atoms with Crippen molar-refractivity contribution in [3.63, 3.8) is 0 Å². The number of para-hydroxylation sites is 1. The summed E-state index contributed by atoms with van der Waals surface area (Å²) in [6.07, 6.45) is 0. The van der Waals surface area contributed by atoms with Crippen LogP contribution in [0, 0.1) is 6.57 Å². The Kier molecular flexibility index (Phi) is 7.68. The lowest BCUT2D eigenvalue weighted by Gasteiger charge is -2.19. The summed E-state index contributed by atoms with van der Waals surface area (Å²) < 4.78 is 6.26. The Labute approximate surface area is 308 Å². The first-order valence-electron chi connectivity index (χ1n) is 17.7. The van der Waals surface area contributed by atoms with Crippen LogP contribution in [-0.4, -0.2) is 15.0 Å². The van der Waals surface area contributed by atoms with E-state index in [9.17, 15) is 0 Å². The molecular formula is C48H34N4O. The van der Waals surface area contributed by atoms with Crippen molar-refractivity contribution in [3.8, 4) is 56.4 Å². The molecule has 9 aromatic rings. The van der Waals surface area contributed by atoms with Crippen LogP contribution in [-0.2, 0) is 5.41 Å². The molecule has 53 heavy (non-hydrogen) atoms. The van der Waals surface area contributed by atoms with Gasteiger partial charge in [-0.2, -0.15) is 0 Å². The minimum atomic E-state index is -0.0393. The van der Waals surface area contributed by atoms with Crippen molar-refractivity contribution < 1.29 is 4.42 Å². The molecule has 0 aliphatic carbocycles. The standard InChI is InChI=1S/C48H34N4O/c1-48(2,3)34-17-10-16-33(28-34)46-50-45(51-47(52-46)41-22-12-24-43-44(41)40-21-7-8-23-42(40)53-43)32-15-9-13-30(27-32)36-25-26-37(39-20-6-5-19-38(36)39)31-14-11-18-35(29-31)49-4/h5-29H,1-3H3. The van der Waals surface area contributed by atoms with E-state index in [-0.39, 0.29) is 5.41 Å². The Bertz CT molecular complexity index is 2910. The van der Waals surface area contributed by atoms with Crippen molar-refractivity contribution in [1.82, 2.24) is 15.0 Å². The zero-order chi connectivity index (χ0) is 36.1. The van der Waals surface area contributed by atoms with Crippen LogP contribution in [0.15, 0.2) is 156 Å². The van der Waals surface area contributed by atoms with E-state index >= 15 is 0 Å². The molecule has 2 heterocycles. The smallest absolute Gasteiger partial charge is 0.187 e. The maximum absolute atomic E-state index is 7.53. The molecule has 0 N–H and O–H groups in total. The SMILES string of the molecule is [C-]#[N+]c1cccc(-c2ccc(-c3cccc(-c4nc(-c5cccc(C(C)(C)C)c5)nc(-c5cccc6oc7ccccc7c56)n4)c3)c3ccccc23)c1. The van der Waals surface area contributed by atoms with Gasteiger partial charge in [0.25, 0.3) is 0 Å². The summed E-state index contributed by atoms with van der Waals surface area (Å²) >= 11 is 0. The number of benzene rings is 7. The molecular weight excluding hydrogens is 649 g/mol. The second-order valence-corrected chi connectivity index (χ2v) is 14.4. The van der Waals surface area contributed by atoms with Crippen molar-refractivity contribution in [2.24, 2.45) is 0 Å². The van der Waals surface area contributed by atoms with Crippen LogP contribution in [0.3, 0.4) is 0 Å². The molecule has 2 aromatic heterocycles. The van der Waals surface area contributed by atoms with Gasteiger partial charge in [-0.15, -0.1) is 0 Å². The third-order valence-electron chi connectivity index (χ3n) is 9.91. The van der Waals surface area contributed by atoms with E-state index in [1.165, 1.54) is 5.56 Å². The van der Waals surface area contributed by atoms with E-state index in [0.717, 1.165) is 71.7 Å². The molecule has 0 saturated carbocycles. The van der Waals surface area contributed by atoms with Crippen molar-refractivity contribution in [3.05, 3.63) is 169 Å². The predicted octanol–water partition coefficient (Wildman–Crippen LogP) is 13.1. The predicted molar refractivity (Wildman–Crippen MR) is 217 cm³/mol. The third kappa shape index (κ3) is 5.81. The molecule has 5 heteroatoms. The molecule has 0 unspecified atom stereocenters. The van der Waals surface area contributed by atoms with Gasteiger partial charge in [0.15, 0.2) is 23.2 Å². The lowest BCUT2D eigenvalue weighted by atomic mass is 9.86. The zero-order valence-corrected chi connectivity index (χ0v) is 29.6. The van der Waals surface area contributed by atoms with Crippen LogP contribution in [0.2, 0.25) is 0 Å². The number of rotatable bonds is 5. The number of nitrogens with zero attached hydrogens (tertiary/aromatic N) is 4. The van der Waals surface area contributed by atoms with Gasteiger partial charge in [-0.1, -0.05) is 142 Å². The van der Waals surface area contributed by atoms with Crippen molar-refractivity contribution in [2.45, 2.75) is 26.2 Å². The molecule has 0 aliphatic rings. The molecule has 0 saturated heterocycles. The van der Waals surface area contributed by atoms with E-state index in [2.05, 4.69) is 129 Å². The molecule has 0 atom stereocenters. The van der Waals surface area contributed by atoms with Gasteiger partial charge in [0, 0.05) is 27.5 Å². The summed E-state index contributed by atoms with van der Waals surface area (Å²) in [5.41, 5.74) is 10.4. The Morgan fingerprint density at radius 1 is 0.472 bits per heavy atom. The van der Waals surface area contributed by atoms with E-state index < -0.39 is 0 Å². The van der Waals surface area contributed by atoms with E-state index in [1.807, 2.05) is 48.5 Å². The normalized spacial score (nSPS) is 11.7. The van der Waals surface area contributed by atoms with Gasteiger partial charge in [0.1, 0.15) is 11.2 Å². The molecule has 0 bridgehead atoms. The van der Waals surface area contributed by atoms with Gasteiger partial charge in [-0.25, -0.2) is 19.8 Å². The number of fused-ring (bicyclic) bond motifs is 4. The highest BCUT2D eigenvalue weighted by Crippen LogP contribution is 2.39. The van der Waals surface area contributed by atoms with Crippen LogP contribution >= 0.6 is 0 Å². The van der Waals surface area contributed by atoms with E-state index in [0.29, 0.717) is 23.2 Å². The quantitative estimate of drug-likeness (QED) is 0.170. The Morgan fingerprint density at radius 2 is 1.02 bits per heavy atom. The minimum Gasteiger partial charge on any atom is -0.456 e. The summed E-state index contributed by atoms with van der Waals surface area (Å²) in [4.78, 5) is 19.1. The van der Waals surface area contributed by atoms with E-state index in [4.69, 9.17) is 25.9 Å². The molecule has 0 aliphatic heterocycles. The first-order chi connectivity index (χ1) is 25.8. The first kappa shape index (κ1) is 32.0. The Hall–Kier alpha value is -6.90. The highest BCUT2D eigenvalue weighted by Gasteiger charge is 2.20. The topological polar surface area (TPSA) is 56.2 Å². The maximum atomic E-state index is 7.53. The zero-order valence-electron chi connectivity index (χ0n) is 29.6. The highest BCUT2D eigenvalue weighted by molar-refractivity contribution is 6.12. The van der Waals surface area contributed by atoms with Crippen LogP contribution in [0.1, 0.15) is 26.3 Å². The highest BCUT2D eigenvalue weighted by atomic mass is 16.3. The second-order valence-electron chi connectivity index (χ2n) is 14.4. The van der Waals surface area contributed by atoms with Crippen LogP contribution in [0.25, 0.3) is 94.0 Å². The number of hydrogen-bond donors (Lipinski definition) is 0. The fourth-order valence-corrected chi connectivity index (χ4v) is 7.21. The number of hydrogen-bond acceptors (Lipinski definition) is 4. The fraction of sp³-hybridized carbons (Fsp3) is 0.0833. The van der Waals surface area contributed by atoms with Gasteiger partial charge in [-0.05, 0) is 74.3 Å². The second kappa shape index (κ2) is 12.7. The van der Waals surface area contributed by atoms with E-state index in [1.54, 1.807) is 0 Å². The monoisotopic (exact) mass is 682 g/mol. The summed E-state index contributed by atoms with van der Waals surface area (Å²) in [5, 5.41) is 4.26. The molecule has 0 fully saturated rings. The Morgan fingerprint density at radius 3 is 1.72 bits per heavy atom. The molecule has 0 spiro atoms. The van der Waals surface area contributed by atoms with Crippen molar-refractivity contribution >= 4 is 38.4 Å². The first-order valence-corrected chi connectivity index (χ1v) is 17.7. The van der Waals surface area contributed by atoms with Crippen LogP contribution < -0.4 is 0 Å². The molecule has 252 valence electrons. The largest absolute Gasteiger partial charge is 0.456 e. The minimum absolute atomic E-state index is 0.0393. The maximum Gasteiger partial charge on any atom is 0.187 e. The van der Waals surface area contributed by atoms with Gasteiger partial charge in [0.05, 0.1) is 6.57 Å². The molecule has 9 rings (SSSR count). The fourth-order valence-electron chi connectivity index (χ4n) is 7.21. The van der Waals surface area contributed by atoms with Gasteiger partial charge in [0.2, 0.25) is 0 Å². The molecule has 0 amide bonds. The number of aromatic nitrogens is 3. The van der Waals surface area contributed by atoms with Gasteiger partial charge in [-0.3, -0.25) is 0 Å². The Balaban J connectivity index is 1.23. The van der Waals surface area contributed by atoms with Crippen LogP contribution in [0.4, 0.5) is 5.69 Å². The summed E-state index contributed by atoms with van der Waals surface area (Å²) in [5.74, 6) is 1.79. The number of furan rings is 1. The summed E-state index contributed by atoms with van der Waals surface area (Å²) in [6, 6.07) is 51.7. The summed E-state index contributed by atoms with van der Waals surface area (Å²) in [7, 11) is 0. The lowest BCUT2D eigenvalue weighted by molar-refractivity contribution is 0.590. The lowest BCUT2D eigenvalue weighted by Crippen LogP contribution is -2.11. The van der Waals surface area contributed by atoms with Crippen LogP contribution in [0.5, 0.6) is 0 Å². The van der Waals surface area contributed by atoms with Crippen molar-refractivity contribution in [2.75, 3.05) is 0 Å². The summed E-state index contributed by atoms with van der Waals surface area (Å²) in [6.45, 7) is 14.2. The average Bonchev–Trinajstić information content (AvgIpc) is 3.59. The molecule has 5 nitrogen and oxygen atoms in total.